The number of rotatable bonds is 3. The van der Waals surface area contributed by atoms with Crippen LogP contribution in [-0.2, 0) is 11.3 Å². The van der Waals surface area contributed by atoms with Crippen molar-refractivity contribution in [1.82, 2.24) is 24.7 Å². The third-order valence-corrected chi connectivity index (χ3v) is 5.10. The molecule has 5 heterocycles. The van der Waals surface area contributed by atoms with Crippen molar-refractivity contribution >= 4 is 28.2 Å². The predicted octanol–water partition coefficient (Wildman–Crippen LogP) is 3.12. The van der Waals surface area contributed by atoms with Gasteiger partial charge in [0.05, 0.1) is 30.7 Å². The molecule has 5 rings (SSSR count). The smallest absolute Gasteiger partial charge is 0.162 e. The van der Waals surface area contributed by atoms with Gasteiger partial charge in [-0.05, 0) is 36.1 Å². The number of nitrogens with two attached hydrogens (primary N) is 1. The SMILES string of the molecule is Cc1ccncc1-c1cc2cc(Nc3cc4n(n3)[C@@H](C#N)COC4)ncc2c(N)n1. The first kappa shape index (κ1) is 18.0. The zero-order valence-electron chi connectivity index (χ0n) is 16.2. The molecule has 1 aliphatic rings. The number of nitriles is 1. The Morgan fingerprint density at radius 1 is 1.27 bits per heavy atom. The Labute approximate surface area is 172 Å². The maximum Gasteiger partial charge on any atom is 0.162 e. The summed E-state index contributed by atoms with van der Waals surface area (Å²) in [5.74, 6) is 1.64. The van der Waals surface area contributed by atoms with E-state index >= 15 is 0 Å². The Morgan fingerprint density at radius 3 is 3.00 bits per heavy atom. The van der Waals surface area contributed by atoms with E-state index in [1.54, 1.807) is 23.3 Å². The first-order chi connectivity index (χ1) is 14.6. The van der Waals surface area contributed by atoms with Gasteiger partial charge in [0.2, 0.25) is 0 Å². The molecule has 3 N–H and O–H groups in total. The molecule has 4 aromatic heterocycles. The third-order valence-electron chi connectivity index (χ3n) is 5.10. The van der Waals surface area contributed by atoms with Crippen LogP contribution in [0.25, 0.3) is 22.0 Å². The van der Waals surface area contributed by atoms with Gasteiger partial charge in [0.1, 0.15) is 11.6 Å². The normalized spacial score (nSPS) is 15.5. The number of hydrogen-bond donors (Lipinski definition) is 2. The average Bonchev–Trinajstić information content (AvgIpc) is 3.16. The van der Waals surface area contributed by atoms with Gasteiger partial charge in [-0.25, -0.2) is 14.6 Å². The lowest BCUT2D eigenvalue weighted by Crippen LogP contribution is -2.23. The van der Waals surface area contributed by atoms with Crippen LogP contribution < -0.4 is 11.1 Å². The van der Waals surface area contributed by atoms with E-state index in [0.717, 1.165) is 33.3 Å². The molecule has 0 unspecified atom stereocenters. The van der Waals surface area contributed by atoms with E-state index in [9.17, 15) is 5.26 Å². The summed E-state index contributed by atoms with van der Waals surface area (Å²) in [6, 6.07) is 9.45. The summed E-state index contributed by atoms with van der Waals surface area (Å²) in [5.41, 5.74) is 9.80. The zero-order chi connectivity index (χ0) is 20.7. The molecule has 9 heteroatoms. The fourth-order valence-electron chi connectivity index (χ4n) is 3.55. The molecule has 0 bridgehead atoms. The van der Waals surface area contributed by atoms with Gasteiger partial charge in [0.25, 0.3) is 0 Å². The topological polar surface area (TPSA) is 128 Å². The molecule has 0 radical (unpaired) electrons. The maximum absolute atomic E-state index is 9.27. The van der Waals surface area contributed by atoms with Crippen LogP contribution in [0.5, 0.6) is 0 Å². The average molecular weight is 398 g/mol. The molecule has 0 saturated heterocycles. The standard InChI is InChI=1S/C21H18N8O/c1-12-2-3-24-8-16(12)18-4-13-5-19(25-9-17(13)21(23)26-18)27-20-6-14-10-30-11-15(7-22)29(14)28-20/h2-6,8-9,15H,10-11H2,1H3,(H2,23,26)(H,25,27,28)/t15-/m0/s1. The summed E-state index contributed by atoms with van der Waals surface area (Å²) in [4.78, 5) is 13.2. The van der Waals surface area contributed by atoms with E-state index in [0.29, 0.717) is 30.7 Å². The van der Waals surface area contributed by atoms with Crippen molar-refractivity contribution in [3.05, 3.63) is 54.1 Å². The Morgan fingerprint density at radius 2 is 2.17 bits per heavy atom. The molecule has 30 heavy (non-hydrogen) atoms. The summed E-state index contributed by atoms with van der Waals surface area (Å²) in [5, 5.41) is 18.6. The van der Waals surface area contributed by atoms with E-state index in [2.05, 4.69) is 31.4 Å². The summed E-state index contributed by atoms with van der Waals surface area (Å²) in [6.45, 7) is 2.77. The van der Waals surface area contributed by atoms with Gasteiger partial charge in [-0.2, -0.15) is 10.4 Å². The number of fused-ring (bicyclic) bond motifs is 2. The predicted molar refractivity (Wildman–Crippen MR) is 112 cm³/mol. The van der Waals surface area contributed by atoms with E-state index in [1.165, 1.54) is 0 Å². The summed E-state index contributed by atoms with van der Waals surface area (Å²) < 4.78 is 7.14. The third kappa shape index (κ3) is 3.09. The Kier molecular flexibility index (Phi) is 4.26. The summed E-state index contributed by atoms with van der Waals surface area (Å²) in [6.07, 6.45) is 5.23. The van der Waals surface area contributed by atoms with Crippen LogP contribution in [-0.4, -0.2) is 31.3 Å². The second kappa shape index (κ2) is 7.09. The van der Waals surface area contributed by atoms with Crippen molar-refractivity contribution in [2.45, 2.75) is 19.6 Å². The maximum atomic E-state index is 9.27. The quantitative estimate of drug-likeness (QED) is 0.539. The Hall–Kier alpha value is -4.03. The molecule has 0 aromatic carbocycles. The van der Waals surface area contributed by atoms with Gasteiger partial charge >= 0.3 is 0 Å². The van der Waals surface area contributed by atoms with Gasteiger partial charge in [-0.1, -0.05) is 0 Å². The first-order valence-corrected chi connectivity index (χ1v) is 9.42. The molecule has 0 amide bonds. The van der Waals surface area contributed by atoms with E-state index in [4.69, 9.17) is 10.5 Å². The van der Waals surface area contributed by atoms with Crippen molar-refractivity contribution in [3.63, 3.8) is 0 Å². The molecular weight excluding hydrogens is 380 g/mol. The van der Waals surface area contributed by atoms with Crippen LogP contribution in [0.1, 0.15) is 17.3 Å². The highest BCUT2D eigenvalue weighted by molar-refractivity contribution is 5.94. The molecule has 0 saturated carbocycles. The van der Waals surface area contributed by atoms with Gasteiger partial charge in [0, 0.05) is 35.6 Å². The highest BCUT2D eigenvalue weighted by Gasteiger charge is 2.22. The minimum Gasteiger partial charge on any atom is -0.383 e. The molecule has 1 aliphatic heterocycles. The van der Waals surface area contributed by atoms with Crippen LogP contribution in [0.15, 0.2) is 42.9 Å². The monoisotopic (exact) mass is 398 g/mol. The highest BCUT2D eigenvalue weighted by Crippen LogP contribution is 2.29. The molecule has 9 nitrogen and oxygen atoms in total. The number of nitrogens with one attached hydrogen (secondary N) is 1. The number of anilines is 3. The second-order valence-corrected chi connectivity index (χ2v) is 7.12. The van der Waals surface area contributed by atoms with Crippen LogP contribution >= 0.6 is 0 Å². The largest absolute Gasteiger partial charge is 0.383 e. The van der Waals surface area contributed by atoms with Crippen LogP contribution in [0, 0.1) is 18.3 Å². The number of aryl methyl sites for hydroxylation is 1. The lowest BCUT2D eigenvalue weighted by atomic mass is 10.1. The second-order valence-electron chi connectivity index (χ2n) is 7.12. The number of aromatic nitrogens is 5. The minimum atomic E-state index is -0.426. The van der Waals surface area contributed by atoms with Crippen LogP contribution in [0.2, 0.25) is 0 Å². The van der Waals surface area contributed by atoms with Crippen molar-refractivity contribution < 1.29 is 4.74 Å². The van der Waals surface area contributed by atoms with Crippen LogP contribution in [0.4, 0.5) is 17.5 Å². The molecule has 0 spiro atoms. The first-order valence-electron chi connectivity index (χ1n) is 9.42. The number of pyridine rings is 3. The number of hydrogen-bond acceptors (Lipinski definition) is 8. The van der Waals surface area contributed by atoms with E-state index in [1.807, 2.05) is 31.2 Å². The Bertz CT molecular complexity index is 1310. The number of ether oxygens (including phenoxy) is 1. The van der Waals surface area contributed by atoms with Gasteiger partial charge in [0.15, 0.2) is 11.9 Å². The Balaban J connectivity index is 1.51. The summed E-state index contributed by atoms with van der Waals surface area (Å²) >= 11 is 0. The van der Waals surface area contributed by atoms with Crippen molar-refractivity contribution in [2.24, 2.45) is 0 Å². The fourth-order valence-corrected chi connectivity index (χ4v) is 3.55. The minimum absolute atomic E-state index is 0.335. The molecule has 4 aromatic rings. The van der Waals surface area contributed by atoms with E-state index < -0.39 is 6.04 Å². The molecule has 148 valence electrons. The van der Waals surface area contributed by atoms with Crippen molar-refractivity contribution in [3.8, 4) is 17.3 Å². The van der Waals surface area contributed by atoms with Gasteiger partial charge in [-0.3, -0.25) is 4.98 Å². The fraction of sp³-hybridized carbons (Fsp3) is 0.190. The lowest BCUT2D eigenvalue weighted by molar-refractivity contribution is 0.0681. The highest BCUT2D eigenvalue weighted by atomic mass is 16.5. The zero-order valence-corrected chi connectivity index (χ0v) is 16.2. The van der Waals surface area contributed by atoms with E-state index in [-0.39, 0.29) is 0 Å². The summed E-state index contributed by atoms with van der Waals surface area (Å²) in [7, 11) is 0. The number of nitrogen functional groups attached to an aromatic ring is 1. The van der Waals surface area contributed by atoms with Gasteiger partial charge < -0.3 is 15.8 Å². The molecule has 1 atom stereocenters. The molecular formula is C21H18N8O. The molecule has 0 aliphatic carbocycles. The molecule has 0 fully saturated rings. The van der Waals surface area contributed by atoms with Crippen molar-refractivity contribution in [2.75, 3.05) is 17.7 Å². The number of nitrogens with zero attached hydrogens (tertiary/aromatic N) is 6. The van der Waals surface area contributed by atoms with Crippen molar-refractivity contribution in [1.29, 1.82) is 5.26 Å². The van der Waals surface area contributed by atoms with Crippen LogP contribution in [0.3, 0.4) is 0 Å². The lowest BCUT2D eigenvalue weighted by Gasteiger charge is -2.18. The van der Waals surface area contributed by atoms with Gasteiger partial charge in [-0.15, -0.1) is 0 Å².